The first-order valence-electron chi connectivity index (χ1n) is 8.26. The molecule has 0 aromatic heterocycles. The largest absolute Gasteiger partial charge is 0.315 e. The molecule has 0 saturated carbocycles. The van der Waals surface area contributed by atoms with Crippen LogP contribution in [-0.2, 0) is 0 Å². The van der Waals surface area contributed by atoms with Gasteiger partial charge < -0.3 is 15.1 Å². The summed E-state index contributed by atoms with van der Waals surface area (Å²) in [5, 5.41) is 3.58. The van der Waals surface area contributed by atoms with E-state index in [4.69, 9.17) is 0 Å². The molecule has 0 amide bonds. The van der Waals surface area contributed by atoms with E-state index >= 15 is 0 Å². The molecule has 3 nitrogen and oxygen atoms in total. The summed E-state index contributed by atoms with van der Waals surface area (Å²) in [7, 11) is 2.29. The van der Waals surface area contributed by atoms with Crippen molar-refractivity contribution in [2.45, 2.75) is 52.5 Å². The molecule has 0 unspecified atom stereocenters. The number of nitrogens with one attached hydrogen (secondary N) is 1. The van der Waals surface area contributed by atoms with E-state index in [1.54, 1.807) is 0 Å². The molecule has 1 fully saturated rings. The smallest absolute Gasteiger partial charge is 0.0117 e. The molecule has 114 valence electrons. The third-order valence-electron chi connectivity index (χ3n) is 4.40. The molecule has 0 aromatic carbocycles. The number of hydrogen-bond donors (Lipinski definition) is 1. The van der Waals surface area contributed by atoms with Crippen LogP contribution in [0.1, 0.15) is 46.5 Å². The zero-order valence-corrected chi connectivity index (χ0v) is 13.6. The molecule has 0 radical (unpaired) electrons. The number of nitrogens with zero attached hydrogens (tertiary/aromatic N) is 2. The minimum Gasteiger partial charge on any atom is -0.315 e. The Kier molecular flexibility index (Phi) is 8.67. The summed E-state index contributed by atoms with van der Waals surface area (Å²) >= 11 is 0. The van der Waals surface area contributed by atoms with Gasteiger partial charge in [-0.05, 0) is 64.8 Å². The molecule has 0 spiro atoms. The van der Waals surface area contributed by atoms with Gasteiger partial charge in [0.15, 0.2) is 0 Å². The molecule has 0 aromatic rings. The van der Waals surface area contributed by atoms with Crippen molar-refractivity contribution in [2.75, 3.05) is 46.3 Å². The lowest BCUT2D eigenvalue weighted by atomic mass is 10.0. The van der Waals surface area contributed by atoms with E-state index < -0.39 is 0 Å². The van der Waals surface area contributed by atoms with E-state index in [1.807, 2.05) is 0 Å². The van der Waals surface area contributed by atoms with Crippen LogP contribution in [0.25, 0.3) is 0 Å². The maximum absolute atomic E-state index is 3.58. The van der Waals surface area contributed by atoms with Crippen LogP contribution in [0.4, 0.5) is 0 Å². The molecule has 0 bridgehead atoms. The van der Waals surface area contributed by atoms with Gasteiger partial charge in [0.05, 0.1) is 0 Å². The average molecular weight is 269 g/mol. The Morgan fingerprint density at radius 2 is 1.89 bits per heavy atom. The summed E-state index contributed by atoms with van der Waals surface area (Å²) in [5.74, 6) is 0.841. The molecule has 0 atom stereocenters. The average Bonchev–Trinajstić information content (AvgIpc) is 2.42. The van der Waals surface area contributed by atoms with E-state index in [2.05, 4.69) is 42.9 Å². The van der Waals surface area contributed by atoms with Crippen LogP contribution in [0, 0.1) is 5.92 Å². The Hall–Kier alpha value is -0.120. The third kappa shape index (κ3) is 7.28. The molecular weight excluding hydrogens is 234 g/mol. The molecule has 1 aliphatic heterocycles. The van der Waals surface area contributed by atoms with Gasteiger partial charge in [-0.15, -0.1) is 0 Å². The number of rotatable bonds is 9. The van der Waals surface area contributed by atoms with Gasteiger partial charge in [0.1, 0.15) is 0 Å². The molecular formula is C16H35N3. The number of piperidine rings is 1. The summed E-state index contributed by atoms with van der Waals surface area (Å²) in [4.78, 5) is 5.12. The highest BCUT2D eigenvalue weighted by Gasteiger charge is 2.20. The van der Waals surface area contributed by atoms with Crippen LogP contribution >= 0.6 is 0 Å². The van der Waals surface area contributed by atoms with Crippen LogP contribution in [0.15, 0.2) is 0 Å². The van der Waals surface area contributed by atoms with Crippen molar-refractivity contribution in [3.8, 4) is 0 Å². The Labute approximate surface area is 120 Å². The molecule has 19 heavy (non-hydrogen) atoms. The SMILES string of the molecule is CCN1CCC(N(C)CCNCCCC(C)C)CC1. The number of likely N-dealkylation sites (N-methyl/N-ethyl adjacent to an activating group) is 1. The van der Waals surface area contributed by atoms with Crippen LogP contribution in [0.3, 0.4) is 0 Å². The molecule has 1 heterocycles. The van der Waals surface area contributed by atoms with Crippen LogP contribution in [0.2, 0.25) is 0 Å². The van der Waals surface area contributed by atoms with Crippen molar-refractivity contribution in [3.05, 3.63) is 0 Å². The minimum atomic E-state index is 0.806. The second-order valence-corrected chi connectivity index (χ2v) is 6.43. The monoisotopic (exact) mass is 269 g/mol. The fraction of sp³-hybridized carbons (Fsp3) is 1.00. The maximum atomic E-state index is 3.58. The van der Waals surface area contributed by atoms with Crippen molar-refractivity contribution in [2.24, 2.45) is 5.92 Å². The highest BCUT2D eigenvalue weighted by atomic mass is 15.2. The Balaban J connectivity index is 2.00. The van der Waals surface area contributed by atoms with E-state index in [0.717, 1.165) is 18.5 Å². The zero-order chi connectivity index (χ0) is 14.1. The normalized spacial score (nSPS) is 18.6. The number of hydrogen-bond acceptors (Lipinski definition) is 3. The van der Waals surface area contributed by atoms with Gasteiger partial charge >= 0.3 is 0 Å². The van der Waals surface area contributed by atoms with Crippen LogP contribution in [-0.4, -0.2) is 62.2 Å². The standard InChI is InChI=1S/C16H35N3/c1-5-19-12-8-16(9-13-19)18(4)14-11-17-10-6-7-15(2)3/h15-17H,5-14H2,1-4H3. The lowest BCUT2D eigenvalue weighted by Gasteiger charge is -2.36. The van der Waals surface area contributed by atoms with Crippen LogP contribution < -0.4 is 5.32 Å². The molecule has 1 saturated heterocycles. The Morgan fingerprint density at radius 3 is 2.47 bits per heavy atom. The van der Waals surface area contributed by atoms with Crippen molar-refractivity contribution in [3.63, 3.8) is 0 Å². The highest BCUT2D eigenvalue weighted by Crippen LogP contribution is 2.14. The zero-order valence-electron chi connectivity index (χ0n) is 13.6. The van der Waals surface area contributed by atoms with E-state index in [9.17, 15) is 0 Å². The molecule has 0 aliphatic carbocycles. The topological polar surface area (TPSA) is 18.5 Å². The van der Waals surface area contributed by atoms with E-state index in [1.165, 1.54) is 58.4 Å². The summed E-state index contributed by atoms with van der Waals surface area (Å²) in [6, 6.07) is 0.806. The van der Waals surface area contributed by atoms with Gasteiger partial charge in [-0.25, -0.2) is 0 Å². The molecule has 1 aliphatic rings. The predicted octanol–water partition coefficient (Wildman–Crippen LogP) is 2.43. The van der Waals surface area contributed by atoms with Gasteiger partial charge in [0.2, 0.25) is 0 Å². The van der Waals surface area contributed by atoms with Crippen LogP contribution in [0.5, 0.6) is 0 Å². The summed E-state index contributed by atoms with van der Waals surface area (Å²) < 4.78 is 0. The lowest BCUT2D eigenvalue weighted by Crippen LogP contribution is -2.45. The summed E-state index contributed by atoms with van der Waals surface area (Å²) in [6.45, 7) is 14.2. The van der Waals surface area contributed by atoms with Gasteiger partial charge in [-0.3, -0.25) is 0 Å². The van der Waals surface area contributed by atoms with Gasteiger partial charge in [0.25, 0.3) is 0 Å². The Bertz CT molecular complexity index is 210. The molecule has 1 rings (SSSR count). The second kappa shape index (κ2) is 9.73. The quantitative estimate of drug-likeness (QED) is 0.649. The minimum absolute atomic E-state index is 0.806. The van der Waals surface area contributed by atoms with Crippen molar-refractivity contribution >= 4 is 0 Å². The fourth-order valence-corrected chi connectivity index (χ4v) is 2.87. The van der Waals surface area contributed by atoms with Crippen molar-refractivity contribution in [1.29, 1.82) is 0 Å². The van der Waals surface area contributed by atoms with Crippen molar-refractivity contribution in [1.82, 2.24) is 15.1 Å². The third-order valence-corrected chi connectivity index (χ3v) is 4.40. The Morgan fingerprint density at radius 1 is 1.21 bits per heavy atom. The maximum Gasteiger partial charge on any atom is 0.0117 e. The number of likely N-dealkylation sites (tertiary alicyclic amines) is 1. The fourth-order valence-electron chi connectivity index (χ4n) is 2.87. The van der Waals surface area contributed by atoms with E-state index in [0.29, 0.717) is 0 Å². The first-order chi connectivity index (χ1) is 9.13. The van der Waals surface area contributed by atoms with Gasteiger partial charge in [-0.1, -0.05) is 20.8 Å². The second-order valence-electron chi connectivity index (χ2n) is 6.43. The summed E-state index contributed by atoms with van der Waals surface area (Å²) in [5.41, 5.74) is 0. The van der Waals surface area contributed by atoms with E-state index in [-0.39, 0.29) is 0 Å². The van der Waals surface area contributed by atoms with Crippen molar-refractivity contribution < 1.29 is 0 Å². The van der Waals surface area contributed by atoms with Gasteiger partial charge in [0, 0.05) is 19.1 Å². The predicted molar refractivity (Wildman–Crippen MR) is 84.7 cm³/mol. The highest BCUT2D eigenvalue weighted by molar-refractivity contribution is 4.78. The first-order valence-corrected chi connectivity index (χ1v) is 8.26. The summed E-state index contributed by atoms with van der Waals surface area (Å²) in [6.07, 6.45) is 5.35. The lowest BCUT2D eigenvalue weighted by molar-refractivity contribution is 0.132. The molecule has 3 heteroatoms. The van der Waals surface area contributed by atoms with Gasteiger partial charge in [-0.2, -0.15) is 0 Å². The molecule has 1 N–H and O–H groups in total. The first kappa shape index (κ1) is 16.9.